The van der Waals surface area contributed by atoms with E-state index in [2.05, 4.69) is 28.3 Å². The van der Waals surface area contributed by atoms with E-state index in [0.29, 0.717) is 18.4 Å². The Bertz CT molecular complexity index is 1660. The molecule has 0 radical (unpaired) electrons. The molecule has 0 aliphatic rings. The lowest BCUT2D eigenvalue weighted by molar-refractivity contribution is 0.580. The van der Waals surface area contributed by atoms with E-state index in [1.165, 1.54) is 0 Å². The topological polar surface area (TPSA) is 63.6 Å². The molecule has 5 heteroatoms. The van der Waals surface area contributed by atoms with Gasteiger partial charge in [-0.1, -0.05) is 54.6 Å². The molecule has 0 saturated carbocycles. The molecule has 5 nitrogen and oxygen atoms in total. The maximum absolute atomic E-state index is 13.5. The van der Waals surface area contributed by atoms with E-state index in [1.54, 1.807) is 10.9 Å². The number of aromatic nitrogens is 4. The molecule has 1 N–H and O–H groups in total. The van der Waals surface area contributed by atoms with Gasteiger partial charge in [0.1, 0.15) is 0 Å². The molecule has 3 aromatic carbocycles. The molecular formula is C27H20N4O. The van der Waals surface area contributed by atoms with Gasteiger partial charge in [0.25, 0.3) is 5.56 Å². The fourth-order valence-corrected chi connectivity index (χ4v) is 4.40. The van der Waals surface area contributed by atoms with Crippen LogP contribution in [0.2, 0.25) is 0 Å². The number of hydrogen-bond donors (Lipinski definition) is 1. The van der Waals surface area contributed by atoms with Crippen molar-refractivity contribution in [3.8, 4) is 11.1 Å². The quantitative estimate of drug-likeness (QED) is 0.422. The van der Waals surface area contributed by atoms with E-state index in [0.717, 1.165) is 44.0 Å². The summed E-state index contributed by atoms with van der Waals surface area (Å²) < 4.78 is 1.56. The molecule has 0 unspecified atom stereocenters. The molecule has 0 bridgehead atoms. The van der Waals surface area contributed by atoms with Crippen LogP contribution in [0.5, 0.6) is 0 Å². The molecule has 0 atom stereocenters. The van der Waals surface area contributed by atoms with Gasteiger partial charge in [-0.05, 0) is 35.4 Å². The number of nitrogens with one attached hydrogen (secondary N) is 1. The number of pyridine rings is 1. The SMILES string of the molecule is O=c1c2c(-c3cccc4[nH]ccc34)cccc2cnn1CCc1ccc2ccccc2n1. The van der Waals surface area contributed by atoms with Gasteiger partial charge in [0.05, 0.1) is 23.6 Å². The van der Waals surface area contributed by atoms with Crippen molar-refractivity contribution in [2.24, 2.45) is 0 Å². The van der Waals surface area contributed by atoms with Gasteiger partial charge in [-0.3, -0.25) is 9.78 Å². The lowest BCUT2D eigenvalue weighted by Gasteiger charge is -2.11. The molecular weight excluding hydrogens is 396 g/mol. The fourth-order valence-electron chi connectivity index (χ4n) is 4.40. The Morgan fingerprint density at radius 1 is 0.812 bits per heavy atom. The number of fused-ring (bicyclic) bond motifs is 3. The summed E-state index contributed by atoms with van der Waals surface area (Å²) >= 11 is 0. The molecule has 3 heterocycles. The van der Waals surface area contributed by atoms with Crippen molar-refractivity contribution >= 4 is 32.6 Å². The maximum Gasteiger partial charge on any atom is 0.275 e. The van der Waals surface area contributed by atoms with E-state index in [-0.39, 0.29) is 5.56 Å². The molecule has 6 aromatic rings. The van der Waals surface area contributed by atoms with E-state index in [9.17, 15) is 4.79 Å². The van der Waals surface area contributed by atoms with Crippen molar-refractivity contribution < 1.29 is 0 Å². The van der Waals surface area contributed by atoms with E-state index in [1.807, 2.05) is 66.9 Å². The van der Waals surface area contributed by atoms with Crippen LogP contribution in [0.15, 0.2) is 96.1 Å². The Balaban J connectivity index is 1.42. The average molecular weight is 416 g/mol. The summed E-state index contributed by atoms with van der Waals surface area (Å²) in [6, 6.07) is 26.3. The van der Waals surface area contributed by atoms with Crippen LogP contribution in [-0.4, -0.2) is 19.7 Å². The van der Waals surface area contributed by atoms with Gasteiger partial charge in [0, 0.05) is 40.0 Å². The summed E-state index contributed by atoms with van der Waals surface area (Å²) in [5.41, 5.74) is 4.86. The predicted octanol–water partition coefficient (Wildman–Crippen LogP) is 5.34. The normalized spacial score (nSPS) is 11.5. The van der Waals surface area contributed by atoms with Crippen LogP contribution in [0.25, 0.3) is 43.7 Å². The van der Waals surface area contributed by atoms with Crippen molar-refractivity contribution in [2.75, 3.05) is 0 Å². The lowest BCUT2D eigenvalue weighted by Crippen LogP contribution is -2.24. The second-order valence-electron chi connectivity index (χ2n) is 7.93. The summed E-state index contributed by atoms with van der Waals surface area (Å²) in [6.07, 6.45) is 4.35. The molecule has 0 aliphatic heterocycles. The van der Waals surface area contributed by atoms with E-state index < -0.39 is 0 Å². The number of para-hydroxylation sites is 1. The third-order valence-electron chi connectivity index (χ3n) is 6.00. The van der Waals surface area contributed by atoms with Crippen molar-refractivity contribution in [1.82, 2.24) is 19.7 Å². The highest BCUT2D eigenvalue weighted by molar-refractivity contribution is 6.04. The fraction of sp³-hybridized carbons (Fsp3) is 0.0741. The molecule has 154 valence electrons. The summed E-state index contributed by atoms with van der Waals surface area (Å²) in [7, 11) is 0. The van der Waals surface area contributed by atoms with Crippen molar-refractivity contribution in [3.05, 3.63) is 107 Å². The Labute approximate surface area is 184 Å². The van der Waals surface area contributed by atoms with Gasteiger partial charge in [-0.15, -0.1) is 0 Å². The standard InChI is InChI=1S/C27H20N4O/c32-27-26-19(6-3-8-23(26)21-7-4-10-25-22(21)13-15-28-25)17-29-31(27)16-14-20-12-11-18-5-1-2-9-24(18)30-20/h1-13,15,17,28H,14,16H2. The van der Waals surface area contributed by atoms with Gasteiger partial charge in [-0.25, -0.2) is 4.68 Å². The molecule has 0 spiro atoms. The smallest absolute Gasteiger partial charge is 0.275 e. The van der Waals surface area contributed by atoms with Gasteiger partial charge >= 0.3 is 0 Å². The summed E-state index contributed by atoms with van der Waals surface area (Å²) in [5.74, 6) is 0. The van der Waals surface area contributed by atoms with Gasteiger partial charge < -0.3 is 4.98 Å². The first-order valence-corrected chi connectivity index (χ1v) is 10.7. The largest absolute Gasteiger partial charge is 0.361 e. The Morgan fingerprint density at radius 2 is 1.66 bits per heavy atom. The lowest BCUT2D eigenvalue weighted by atomic mass is 9.97. The molecule has 0 aliphatic carbocycles. The van der Waals surface area contributed by atoms with Gasteiger partial charge in [-0.2, -0.15) is 5.10 Å². The summed E-state index contributed by atoms with van der Waals surface area (Å²) in [6.45, 7) is 0.475. The molecule has 0 saturated heterocycles. The summed E-state index contributed by atoms with van der Waals surface area (Å²) in [5, 5.41) is 8.20. The molecule has 0 fully saturated rings. The van der Waals surface area contributed by atoms with Crippen LogP contribution in [0.1, 0.15) is 5.69 Å². The number of rotatable bonds is 4. The van der Waals surface area contributed by atoms with Crippen molar-refractivity contribution in [1.29, 1.82) is 0 Å². The zero-order chi connectivity index (χ0) is 21.5. The summed E-state index contributed by atoms with van der Waals surface area (Å²) in [4.78, 5) is 21.5. The Hall–Kier alpha value is -4.25. The van der Waals surface area contributed by atoms with Crippen LogP contribution in [0.3, 0.4) is 0 Å². The predicted molar refractivity (Wildman–Crippen MR) is 129 cm³/mol. The second-order valence-corrected chi connectivity index (χ2v) is 7.93. The average Bonchev–Trinajstić information content (AvgIpc) is 3.32. The first-order chi connectivity index (χ1) is 15.8. The maximum atomic E-state index is 13.5. The Morgan fingerprint density at radius 3 is 2.62 bits per heavy atom. The molecule has 0 amide bonds. The van der Waals surface area contributed by atoms with Crippen LogP contribution in [0.4, 0.5) is 0 Å². The third kappa shape index (κ3) is 3.06. The van der Waals surface area contributed by atoms with Crippen LogP contribution in [-0.2, 0) is 13.0 Å². The highest BCUT2D eigenvalue weighted by Crippen LogP contribution is 2.31. The third-order valence-corrected chi connectivity index (χ3v) is 6.00. The number of nitrogens with zero attached hydrogens (tertiary/aromatic N) is 3. The number of aromatic amines is 1. The first kappa shape index (κ1) is 18.5. The van der Waals surface area contributed by atoms with Gasteiger partial charge in [0.2, 0.25) is 0 Å². The minimum absolute atomic E-state index is 0.0774. The van der Waals surface area contributed by atoms with Crippen molar-refractivity contribution in [3.63, 3.8) is 0 Å². The van der Waals surface area contributed by atoms with Crippen LogP contribution < -0.4 is 5.56 Å². The second kappa shape index (κ2) is 7.46. The first-order valence-electron chi connectivity index (χ1n) is 10.7. The highest BCUT2D eigenvalue weighted by atomic mass is 16.1. The zero-order valence-corrected chi connectivity index (χ0v) is 17.3. The molecule has 6 rings (SSSR count). The van der Waals surface area contributed by atoms with E-state index in [4.69, 9.17) is 4.98 Å². The molecule has 3 aromatic heterocycles. The minimum Gasteiger partial charge on any atom is -0.361 e. The van der Waals surface area contributed by atoms with Crippen molar-refractivity contribution in [2.45, 2.75) is 13.0 Å². The van der Waals surface area contributed by atoms with Crippen LogP contribution >= 0.6 is 0 Å². The monoisotopic (exact) mass is 416 g/mol. The Kier molecular flexibility index (Phi) is 4.32. The van der Waals surface area contributed by atoms with Gasteiger partial charge in [0.15, 0.2) is 0 Å². The minimum atomic E-state index is -0.0774. The molecule has 32 heavy (non-hydrogen) atoms. The van der Waals surface area contributed by atoms with E-state index >= 15 is 0 Å². The van der Waals surface area contributed by atoms with Crippen LogP contribution in [0, 0.1) is 0 Å². The zero-order valence-electron chi connectivity index (χ0n) is 17.3. The number of hydrogen-bond acceptors (Lipinski definition) is 3. The number of H-pyrrole nitrogens is 1. The highest BCUT2D eigenvalue weighted by Gasteiger charge is 2.13. The number of benzene rings is 3. The number of aryl methyl sites for hydroxylation is 2.